The summed E-state index contributed by atoms with van der Waals surface area (Å²) in [5, 5.41) is 1.53. The van der Waals surface area contributed by atoms with Gasteiger partial charge in [-0.2, -0.15) is 4.99 Å². The number of aryl methyl sites for hydroxylation is 1. The van der Waals surface area contributed by atoms with Crippen LogP contribution in [-0.4, -0.2) is 15.6 Å². The largest absolute Gasteiger partial charge is 0.256 e. The van der Waals surface area contributed by atoms with Gasteiger partial charge in [-0.15, -0.1) is 0 Å². The summed E-state index contributed by atoms with van der Waals surface area (Å²) in [6.07, 6.45) is -0.418. The highest BCUT2D eigenvalue weighted by atomic mass is 35.5. The molecule has 0 fully saturated rings. The maximum absolute atomic E-state index is 5.84. The van der Waals surface area contributed by atoms with Gasteiger partial charge in [0.15, 0.2) is 6.17 Å². The lowest BCUT2D eigenvalue weighted by Crippen LogP contribution is -2.40. The number of nitrogens with two attached hydrogens (primary N) is 1. The molecule has 16 heavy (non-hydrogen) atoms. The van der Waals surface area contributed by atoms with Gasteiger partial charge in [-0.3, -0.25) is 5.01 Å². The van der Waals surface area contributed by atoms with Crippen molar-refractivity contribution in [1.82, 2.24) is 5.01 Å². The van der Waals surface area contributed by atoms with Crippen LogP contribution in [0.3, 0.4) is 0 Å². The highest BCUT2D eigenvalue weighted by molar-refractivity contribution is 6.71. The number of benzene rings is 1. The molecule has 0 saturated heterocycles. The van der Waals surface area contributed by atoms with Crippen LogP contribution in [0.1, 0.15) is 17.3 Å². The third-order valence-corrected chi connectivity index (χ3v) is 2.82. The predicted octanol–water partition coefficient (Wildman–Crippen LogP) is 2.37. The molecule has 1 heterocycles. The summed E-state index contributed by atoms with van der Waals surface area (Å²) >= 11 is 11.6. The van der Waals surface area contributed by atoms with Crippen molar-refractivity contribution in [3.8, 4) is 0 Å². The van der Waals surface area contributed by atoms with Crippen molar-refractivity contribution in [3.63, 3.8) is 0 Å². The molecule has 2 rings (SSSR count). The molecule has 1 aliphatic heterocycles. The lowest BCUT2D eigenvalue weighted by Gasteiger charge is -2.28. The van der Waals surface area contributed by atoms with Crippen LogP contribution in [0.5, 0.6) is 0 Å². The molecular weight excluding hydrogens is 247 g/mol. The van der Waals surface area contributed by atoms with Gasteiger partial charge in [0.05, 0.1) is 0 Å². The third-order valence-electron chi connectivity index (χ3n) is 2.36. The third kappa shape index (κ3) is 2.04. The molecule has 0 bridgehead atoms. The minimum absolute atomic E-state index is 0.111. The number of hydrazine groups is 1. The first kappa shape index (κ1) is 11.4. The summed E-state index contributed by atoms with van der Waals surface area (Å²) in [7, 11) is 0. The van der Waals surface area contributed by atoms with E-state index in [0.29, 0.717) is 0 Å². The van der Waals surface area contributed by atoms with E-state index in [1.165, 1.54) is 5.01 Å². The summed E-state index contributed by atoms with van der Waals surface area (Å²) in [5.41, 5.74) is 2.03. The number of hydrogen-bond donors (Lipinski definition) is 1. The minimum Gasteiger partial charge on any atom is -0.256 e. The van der Waals surface area contributed by atoms with Gasteiger partial charge >= 0.3 is 0 Å². The molecule has 1 atom stereocenters. The second kappa shape index (κ2) is 4.41. The predicted molar refractivity (Wildman–Crippen MR) is 66.5 cm³/mol. The molecule has 0 aliphatic carbocycles. The molecular formula is C10H10Cl2N4. The quantitative estimate of drug-likeness (QED) is 0.620. The van der Waals surface area contributed by atoms with E-state index in [-0.39, 0.29) is 10.6 Å². The van der Waals surface area contributed by atoms with Crippen LogP contribution in [0.4, 0.5) is 0 Å². The maximum atomic E-state index is 5.84. The molecule has 0 spiro atoms. The van der Waals surface area contributed by atoms with Crippen molar-refractivity contribution < 1.29 is 0 Å². The molecule has 4 nitrogen and oxygen atoms in total. The SMILES string of the molecule is Cc1ccccc1C1N=C(Cl)N=C(Cl)N1N. The molecule has 0 radical (unpaired) electrons. The molecule has 0 amide bonds. The van der Waals surface area contributed by atoms with Crippen LogP contribution in [0, 0.1) is 6.92 Å². The average Bonchev–Trinajstić information content (AvgIpc) is 2.24. The Kier molecular flexibility index (Phi) is 3.14. The van der Waals surface area contributed by atoms with Crippen molar-refractivity contribution in [1.29, 1.82) is 0 Å². The van der Waals surface area contributed by atoms with E-state index in [2.05, 4.69) is 9.98 Å². The highest BCUT2D eigenvalue weighted by Gasteiger charge is 2.24. The summed E-state index contributed by atoms with van der Waals surface area (Å²) in [6.45, 7) is 1.98. The van der Waals surface area contributed by atoms with Crippen molar-refractivity contribution >= 4 is 33.8 Å². The Morgan fingerprint density at radius 3 is 2.69 bits per heavy atom. The van der Waals surface area contributed by atoms with Crippen LogP contribution in [0.25, 0.3) is 0 Å². The Bertz CT molecular complexity index is 470. The number of rotatable bonds is 1. The second-order valence-corrected chi connectivity index (χ2v) is 4.09. The van der Waals surface area contributed by atoms with E-state index in [9.17, 15) is 0 Å². The molecule has 84 valence electrons. The number of amidine groups is 2. The van der Waals surface area contributed by atoms with Gasteiger partial charge in [-0.1, -0.05) is 24.3 Å². The summed E-state index contributed by atoms with van der Waals surface area (Å²) in [5.74, 6) is 5.79. The van der Waals surface area contributed by atoms with E-state index >= 15 is 0 Å². The normalized spacial score (nSPS) is 20.5. The Labute approximate surface area is 103 Å². The monoisotopic (exact) mass is 256 g/mol. The molecule has 6 heteroatoms. The smallest absolute Gasteiger partial charge is 0.222 e. The first-order valence-electron chi connectivity index (χ1n) is 4.66. The molecule has 0 saturated carbocycles. The first-order valence-corrected chi connectivity index (χ1v) is 5.42. The van der Waals surface area contributed by atoms with Gasteiger partial charge < -0.3 is 0 Å². The lowest BCUT2D eigenvalue weighted by atomic mass is 10.1. The van der Waals surface area contributed by atoms with E-state index in [1.54, 1.807) is 0 Å². The number of halogens is 2. The van der Waals surface area contributed by atoms with E-state index in [1.807, 2.05) is 31.2 Å². The minimum atomic E-state index is -0.418. The maximum Gasteiger partial charge on any atom is 0.222 e. The van der Waals surface area contributed by atoms with Crippen molar-refractivity contribution in [2.45, 2.75) is 13.1 Å². The Hall–Kier alpha value is -1.10. The van der Waals surface area contributed by atoms with Crippen LogP contribution in [-0.2, 0) is 0 Å². The summed E-state index contributed by atoms with van der Waals surface area (Å²) < 4.78 is 0. The number of aliphatic imine (C=N–C) groups is 2. The fourth-order valence-corrected chi connectivity index (χ4v) is 1.91. The Morgan fingerprint density at radius 2 is 2.00 bits per heavy atom. The zero-order valence-corrected chi connectivity index (χ0v) is 10.1. The fourth-order valence-electron chi connectivity index (χ4n) is 1.52. The molecule has 2 N–H and O–H groups in total. The van der Waals surface area contributed by atoms with Gasteiger partial charge in [0, 0.05) is 5.56 Å². The lowest BCUT2D eigenvalue weighted by molar-refractivity contribution is 0.338. The Morgan fingerprint density at radius 1 is 1.31 bits per heavy atom. The van der Waals surface area contributed by atoms with Gasteiger partial charge in [0.2, 0.25) is 10.6 Å². The first-order chi connectivity index (χ1) is 7.59. The van der Waals surface area contributed by atoms with Gasteiger partial charge in [-0.05, 0) is 35.7 Å². The van der Waals surface area contributed by atoms with Crippen LogP contribution in [0.15, 0.2) is 34.3 Å². The molecule has 0 aromatic heterocycles. The highest BCUT2D eigenvalue weighted by Crippen LogP contribution is 2.27. The van der Waals surface area contributed by atoms with Gasteiger partial charge in [0.1, 0.15) is 0 Å². The topological polar surface area (TPSA) is 54.0 Å². The van der Waals surface area contributed by atoms with Crippen LogP contribution in [0.2, 0.25) is 0 Å². The van der Waals surface area contributed by atoms with E-state index in [0.717, 1.165) is 11.1 Å². The van der Waals surface area contributed by atoms with Gasteiger partial charge in [-0.25, -0.2) is 10.8 Å². The molecule has 1 aliphatic rings. The van der Waals surface area contributed by atoms with E-state index < -0.39 is 6.17 Å². The Balaban J connectivity index is 2.43. The summed E-state index contributed by atoms with van der Waals surface area (Å²) in [4.78, 5) is 7.92. The van der Waals surface area contributed by atoms with Crippen LogP contribution < -0.4 is 5.84 Å². The average molecular weight is 257 g/mol. The molecule has 1 aromatic carbocycles. The van der Waals surface area contributed by atoms with Crippen LogP contribution >= 0.6 is 23.2 Å². The van der Waals surface area contributed by atoms with Gasteiger partial charge in [0.25, 0.3) is 0 Å². The second-order valence-electron chi connectivity index (χ2n) is 3.42. The molecule has 1 unspecified atom stereocenters. The number of nitrogens with zero attached hydrogens (tertiary/aromatic N) is 3. The van der Waals surface area contributed by atoms with Crippen molar-refractivity contribution in [2.75, 3.05) is 0 Å². The zero-order chi connectivity index (χ0) is 11.7. The van der Waals surface area contributed by atoms with Crippen molar-refractivity contribution in [3.05, 3.63) is 35.4 Å². The van der Waals surface area contributed by atoms with Crippen molar-refractivity contribution in [2.24, 2.45) is 15.8 Å². The number of hydrogen-bond acceptors (Lipinski definition) is 4. The molecule has 1 aromatic rings. The van der Waals surface area contributed by atoms with E-state index in [4.69, 9.17) is 29.0 Å². The zero-order valence-electron chi connectivity index (χ0n) is 8.56. The standard InChI is InChI=1S/C10H10Cl2N4/c1-6-4-2-3-5-7(6)8-14-9(11)15-10(12)16(8)13/h2-5,8H,13H2,1H3. The fraction of sp³-hybridized carbons (Fsp3) is 0.200. The summed E-state index contributed by atoms with van der Waals surface area (Å²) in [6, 6.07) is 7.78.